The summed E-state index contributed by atoms with van der Waals surface area (Å²) in [7, 11) is 4.10. The van der Waals surface area contributed by atoms with Crippen LogP contribution in [0.15, 0.2) is 83.9 Å². The molecule has 0 aliphatic carbocycles. The van der Waals surface area contributed by atoms with Gasteiger partial charge < -0.3 is 20.9 Å². The fraction of sp³-hybridized carbons (Fsp3) is 0.378. The third kappa shape index (κ3) is 11.6. The van der Waals surface area contributed by atoms with Gasteiger partial charge in [-0.1, -0.05) is 36.4 Å². The van der Waals surface area contributed by atoms with E-state index < -0.39 is 0 Å². The van der Waals surface area contributed by atoms with Crippen molar-refractivity contribution in [3.63, 3.8) is 0 Å². The summed E-state index contributed by atoms with van der Waals surface area (Å²) in [5, 5.41) is 14.3. The molecule has 10 heteroatoms. The van der Waals surface area contributed by atoms with Crippen LogP contribution in [-0.2, 0) is 11.3 Å². The number of aryl methyl sites for hydroxylation is 1. The molecule has 1 aliphatic rings. The number of fused-ring (bicyclic) bond motifs is 1. The number of nitrogens with zero attached hydrogens (tertiary/aromatic N) is 5. The van der Waals surface area contributed by atoms with E-state index in [9.17, 15) is 9.59 Å². The third-order valence-corrected chi connectivity index (χ3v) is 8.29. The molecule has 0 saturated heterocycles. The second kappa shape index (κ2) is 19.1. The van der Waals surface area contributed by atoms with Crippen LogP contribution in [0.5, 0.6) is 0 Å². The van der Waals surface area contributed by atoms with E-state index in [4.69, 9.17) is 0 Å². The molecule has 0 saturated carbocycles. The molecule has 3 aromatic rings. The van der Waals surface area contributed by atoms with Crippen LogP contribution in [0.1, 0.15) is 54.4 Å². The van der Waals surface area contributed by atoms with Crippen molar-refractivity contribution in [1.29, 1.82) is 0 Å². The van der Waals surface area contributed by atoms with Crippen LogP contribution in [0.3, 0.4) is 0 Å². The molecular formula is C37H48N8O2. The Labute approximate surface area is 278 Å². The Morgan fingerprint density at radius 2 is 2.02 bits per heavy atom. The molecule has 0 fully saturated rings. The van der Waals surface area contributed by atoms with E-state index in [-0.39, 0.29) is 5.91 Å². The van der Waals surface area contributed by atoms with Gasteiger partial charge in [0.05, 0.1) is 6.20 Å². The van der Waals surface area contributed by atoms with Gasteiger partial charge in [-0.25, -0.2) is 4.98 Å². The Kier molecular flexibility index (Phi) is 14.3. The molecule has 1 amide bonds. The Morgan fingerprint density at radius 3 is 2.81 bits per heavy atom. The van der Waals surface area contributed by atoms with Crippen molar-refractivity contribution in [1.82, 2.24) is 25.0 Å². The fourth-order valence-electron chi connectivity index (χ4n) is 5.53. The van der Waals surface area contributed by atoms with Crippen molar-refractivity contribution in [2.24, 2.45) is 10.9 Å². The quantitative estimate of drug-likeness (QED) is 0.0755. The highest BCUT2D eigenvalue weighted by Crippen LogP contribution is 2.24. The maximum atomic E-state index is 13.0. The highest BCUT2D eigenvalue weighted by atomic mass is 16.1. The lowest BCUT2D eigenvalue weighted by atomic mass is 9.94. The first kappa shape index (κ1) is 35.2. The van der Waals surface area contributed by atoms with Crippen LogP contribution in [0.25, 0.3) is 17.2 Å². The molecule has 0 spiro atoms. The van der Waals surface area contributed by atoms with Crippen molar-refractivity contribution in [3.8, 4) is 11.1 Å². The molecule has 4 rings (SSSR count). The standard InChI is InChI=1S/C37H48N8O2/c1-38-20-18-29(10-5-4-6-13-34(28-46)39-2)11-7-23-45-27-33(26-42-45)30-14-16-31(17-15-30)37(47)43-36-24-35-32(25-41-36)12-8-21-44(3)22-9-19-40-35/h4,6,8,12-17,24-29,38,40H,2,5,7,9-11,18-23H2,1,3H3,(H,41,43,47)/b6-4-,12-8+,34-13-. The van der Waals surface area contributed by atoms with Crippen LogP contribution < -0.4 is 16.0 Å². The number of nitrogens with one attached hydrogen (secondary N) is 3. The predicted octanol–water partition coefficient (Wildman–Crippen LogP) is 6.08. The van der Waals surface area contributed by atoms with Crippen LogP contribution in [0.4, 0.5) is 11.5 Å². The normalized spacial score (nSPS) is 15.4. The zero-order chi connectivity index (χ0) is 33.3. The number of aromatic nitrogens is 3. The summed E-state index contributed by atoms with van der Waals surface area (Å²) in [4.78, 5) is 34.3. The number of rotatable bonds is 16. The van der Waals surface area contributed by atoms with Crippen molar-refractivity contribution in [3.05, 3.63) is 90.1 Å². The van der Waals surface area contributed by atoms with Crippen LogP contribution in [0.2, 0.25) is 0 Å². The number of carbonyl (C=O) groups excluding carboxylic acids is 2. The average molecular weight is 637 g/mol. The minimum Gasteiger partial charge on any atom is -0.384 e. The number of hydrogen-bond acceptors (Lipinski definition) is 8. The van der Waals surface area contributed by atoms with E-state index in [1.54, 1.807) is 12.3 Å². The number of amides is 1. The van der Waals surface area contributed by atoms with Crippen molar-refractivity contribution >= 4 is 36.5 Å². The molecule has 10 nitrogen and oxygen atoms in total. The first-order valence-corrected chi connectivity index (χ1v) is 16.5. The number of allylic oxidation sites excluding steroid dienone is 4. The lowest BCUT2D eigenvalue weighted by Crippen LogP contribution is -2.22. The maximum absolute atomic E-state index is 13.0. The number of anilines is 2. The molecule has 1 atom stereocenters. The van der Waals surface area contributed by atoms with Gasteiger partial charge in [0.1, 0.15) is 11.5 Å². The zero-order valence-corrected chi connectivity index (χ0v) is 27.7. The van der Waals surface area contributed by atoms with Gasteiger partial charge in [-0.05, 0) is 102 Å². The molecule has 1 unspecified atom stereocenters. The largest absolute Gasteiger partial charge is 0.384 e. The SMILES string of the molecule is C=N/C(C=O)=C\C=C/CCC(CCCn1cc(-c2ccc(C(=O)Nc3cc4c(cn3)/C=C/CN(C)CCCN4)cc2)cn1)CCNC. The highest BCUT2D eigenvalue weighted by molar-refractivity contribution is 6.04. The van der Waals surface area contributed by atoms with E-state index in [1.165, 1.54) is 0 Å². The summed E-state index contributed by atoms with van der Waals surface area (Å²) in [6, 6.07) is 9.49. The average Bonchev–Trinajstić information content (AvgIpc) is 3.56. The second-order valence-corrected chi connectivity index (χ2v) is 11.9. The molecule has 1 aromatic carbocycles. The van der Waals surface area contributed by atoms with Gasteiger partial charge in [0, 0.05) is 60.5 Å². The number of pyridine rings is 1. The summed E-state index contributed by atoms with van der Waals surface area (Å²) in [6.45, 7) is 8.00. The first-order chi connectivity index (χ1) is 23.0. The fourth-order valence-corrected chi connectivity index (χ4v) is 5.53. The number of aldehydes is 1. The van der Waals surface area contributed by atoms with Gasteiger partial charge in [0.15, 0.2) is 6.29 Å². The van der Waals surface area contributed by atoms with Crippen LogP contribution >= 0.6 is 0 Å². The van der Waals surface area contributed by atoms with Gasteiger partial charge in [-0.3, -0.25) is 19.3 Å². The number of aliphatic imine (C=N–C) groups is 1. The van der Waals surface area contributed by atoms with E-state index >= 15 is 0 Å². The van der Waals surface area contributed by atoms with E-state index in [0.717, 1.165) is 93.6 Å². The van der Waals surface area contributed by atoms with E-state index in [1.807, 2.05) is 54.3 Å². The highest BCUT2D eigenvalue weighted by Gasteiger charge is 2.12. The second-order valence-electron chi connectivity index (χ2n) is 11.9. The molecular weight excluding hydrogens is 588 g/mol. The molecule has 1 aliphatic heterocycles. The smallest absolute Gasteiger partial charge is 0.256 e. The van der Waals surface area contributed by atoms with Crippen LogP contribution in [-0.4, -0.2) is 78.8 Å². The van der Waals surface area contributed by atoms with E-state index in [0.29, 0.717) is 29.3 Å². The van der Waals surface area contributed by atoms with E-state index in [2.05, 4.69) is 74.1 Å². The number of benzene rings is 1. The summed E-state index contributed by atoms with van der Waals surface area (Å²) < 4.78 is 2.00. The van der Waals surface area contributed by atoms with Gasteiger partial charge in [0.25, 0.3) is 5.91 Å². The monoisotopic (exact) mass is 636 g/mol. The van der Waals surface area contributed by atoms with Gasteiger partial charge in [0.2, 0.25) is 0 Å². The van der Waals surface area contributed by atoms with Gasteiger partial charge in [-0.2, -0.15) is 5.10 Å². The van der Waals surface area contributed by atoms with Crippen LogP contribution in [0, 0.1) is 5.92 Å². The third-order valence-electron chi connectivity index (χ3n) is 8.29. The number of hydrogen-bond donors (Lipinski definition) is 3. The Bertz CT molecular complexity index is 1530. The summed E-state index contributed by atoms with van der Waals surface area (Å²) in [5.41, 5.74) is 4.91. The zero-order valence-electron chi connectivity index (χ0n) is 27.7. The van der Waals surface area contributed by atoms with Crippen molar-refractivity contribution in [2.75, 3.05) is 50.9 Å². The number of carbonyl (C=O) groups is 2. The lowest BCUT2D eigenvalue weighted by Gasteiger charge is -2.18. The minimum atomic E-state index is -0.198. The Balaban J connectivity index is 1.28. The molecule has 3 N–H and O–H groups in total. The van der Waals surface area contributed by atoms with Crippen molar-refractivity contribution < 1.29 is 9.59 Å². The molecule has 0 radical (unpaired) electrons. The summed E-state index contributed by atoms with van der Waals surface area (Å²) in [6.07, 6.45) is 22.6. The Hall–Kier alpha value is -4.67. The summed E-state index contributed by atoms with van der Waals surface area (Å²) >= 11 is 0. The molecule has 47 heavy (non-hydrogen) atoms. The molecule has 0 bridgehead atoms. The minimum absolute atomic E-state index is 0.198. The van der Waals surface area contributed by atoms with Gasteiger partial charge >= 0.3 is 0 Å². The van der Waals surface area contributed by atoms with Gasteiger partial charge in [-0.15, -0.1) is 0 Å². The molecule has 2 aromatic heterocycles. The molecule has 3 heterocycles. The maximum Gasteiger partial charge on any atom is 0.256 e. The Morgan fingerprint density at radius 1 is 1.17 bits per heavy atom. The predicted molar refractivity (Wildman–Crippen MR) is 193 cm³/mol. The topological polar surface area (TPSA) is 117 Å². The summed E-state index contributed by atoms with van der Waals surface area (Å²) in [5.74, 6) is 0.921. The lowest BCUT2D eigenvalue weighted by molar-refractivity contribution is -0.104. The van der Waals surface area contributed by atoms with Crippen molar-refractivity contribution in [2.45, 2.75) is 45.1 Å². The molecule has 248 valence electrons. The first-order valence-electron chi connectivity index (χ1n) is 16.5. The number of likely N-dealkylation sites (N-methyl/N-ethyl adjacent to an activating group) is 1.